The van der Waals surface area contributed by atoms with Gasteiger partial charge < -0.3 is 16.0 Å². The van der Waals surface area contributed by atoms with Crippen molar-refractivity contribution >= 4 is 22.6 Å². The van der Waals surface area contributed by atoms with E-state index in [-0.39, 0.29) is 0 Å². The standard InChI is InChI=1S/C7H15N5S/c1-3-12(2)5-4-9-7-10-6(8)11-13-7/h3-5H2,1-2H3,(H3,8,9,10,11). The molecule has 0 unspecified atom stereocenters. The van der Waals surface area contributed by atoms with Crippen molar-refractivity contribution in [1.82, 2.24) is 14.3 Å². The molecule has 0 aromatic carbocycles. The Morgan fingerprint density at radius 3 is 2.92 bits per heavy atom. The number of nitrogens with zero attached hydrogens (tertiary/aromatic N) is 3. The first kappa shape index (κ1) is 10.2. The zero-order valence-corrected chi connectivity index (χ0v) is 8.77. The molecule has 0 saturated carbocycles. The third kappa shape index (κ3) is 3.56. The lowest BCUT2D eigenvalue weighted by atomic mass is 10.5. The van der Waals surface area contributed by atoms with E-state index in [1.54, 1.807) is 0 Å². The molecular formula is C7H15N5S. The molecule has 3 N–H and O–H groups in total. The van der Waals surface area contributed by atoms with Gasteiger partial charge in [0.15, 0.2) is 0 Å². The summed E-state index contributed by atoms with van der Waals surface area (Å²) in [6.45, 7) is 5.05. The van der Waals surface area contributed by atoms with E-state index in [0.717, 1.165) is 24.8 Å². The van der Waals surface area contributed by atoms with Crippen LogP contribution in [0, 0.1) is 0 Å². The zero-order chi connectivity index (χ0) is 9.68. The fourth-order valence-electron chi connectivity index (χ4n) is 0.818. The quantitative estimate of drug-likeness (QED) is 0.725. The van der Waals surface area contributed by atoms with Crippen LogP contribution in [0.3, 0.4) is 0 Å². The third-order valence-electron chi connectivity index (χ3n) is 1.75. The van der Waals surface area contributed by atoms with Crippen molar-refractivity contribution in [2.24, 2.45) is 0 Å². The van der Waals surface area contributed by atoms with Crippen molar-refractivity contribution in [3.63, 3.8) is 0 Å². The number of nitrogens with two attached hydrogens (primary N) is 1. The highest BCUT2D eigenvalue weighted by atomic mass is 32.1. The smallest absolute Gasteiger partial charge is 0.233 e. The average molecular weight is 201 g/mol. The van der Waals surface area contributed by atoms with Gasteiger partial charge in [0.2, 0.25) is 11.1 Å². The van der Waals surface area contributed by atoms with Crippen LogP contribution in [0.1, 0.15) is 6.92 Å². The van der Waals surface area contributed by atoms with E-state index in [1.165, 1.54) is 11.5 Å². The average Bonchev–Trinajstić information content (AvgIpc) is 2.51. The first-order valence-corrected chi connectivity index (χ1v) is 5.01. The van der Waals surface area contributed by atoms with Crippen LogP contribution in [-0.2, 0) is 0 Å². The summed E-state index contributed by atoms with van der Waals surface area (Å²) in [6.07, 6.45) is 0. The maximum atomic E-state index is 5.37. The number of nitrogen functional groups attached to an aromatic ring is 1. The fourth-order valence-corrected chi connectivity index (χ4v) is 1.34. The molecule has 1 heterocycles. The molecule has 74 valence electrons. The highest BCUT2D eigenvalue weighted by molar-refractivity contribution is 7.09. The Morgan fingerprint density at radius 1 is 1.62 bits per heavy atom. The number of hydrogen-bond acceptors (Lipinski definition) is 6. The number of anilines is 2. The summed E-state index contributed by atoms with van der Waals surface area (Å²) in [5.41, 5.74) is 5.37. The van der Waals surface area contributed by atoms with E-state index in [9.17, 15) is 0 Å². The molecule has 6 heteroatoms. The molecular weight excluding hydrogens is 186 g/mol. The fraction of sp³-hybridized carbons (Fsp3) is 0.714. The van der Waals surface area contributed by atoms with Crippen LogP contribution in [0.15, 0.2) is 0 Å². The molecule has 0 radical (unpaired) electrons. The summed E-state index contributed by atoms with van der Waals surface area (Å²) in [4.78, 5) is 6.21. The molecule has 0 atom stereocenters. The third-order valence-corrected chi connectivity index (χ3v) is 2.44. The summed E-state index contributed by atoms with van der Waals surface area (Å²) in [7, 11) is 2.08. The summed E-state index contributed by atoms with van der Waals surface area (Å²) < 4.78 is 3.87. The van der Waals surface area contributed by atoms with E-state index in [0.29, 0.717) is 5.95 Å². The lowest BCUT2D eigenvalue weighted by molar-refractivity contribution is 0.367. The minimum Gasteiger partial charge on any atom is -0.367 e. The monoisotopic (exact) mass is 201 g/mol. The van der Waals surface area contributed by atoms with Crippen LogP contribution in [0.2, 0.25) is 0 Å². The lowest BCUT2D eigenvalue weighted by Crippen LogP contribution is -2.24. The van der Waals surface area contributed by atoms with Gasteiger partial charge in [-0.2, -0.15) is 9.36 Å². The molecule has 1 aromatic heterocycles. The first-order valence-electron chi connectivity index (χ1n) is 4.24. The van der Waals surface area contributed by atoms with Crippen LogP contribution in [0.25, 0.3) is 0 Å². The molecule has 0 fully saturated rings. The van der Waals surface area contributed by atoms with Crippen molar-refractivity contribution in [3.05, 3.63) is 0 Å². The molecule has 1 rings (SSSR count). The second-order valence-electron chi connectivity index (χ2n) is 2.78. The van der Waals surface area contributed by atoms with Gasteiger partial charge in [-0.05, 0) is 13.6 Å². The minimum atomic E-state index is 0.344. The SMILES string of the molecule is CCN(C)CCNc1nc(N)ns1. The van der Waals surface area contributed by atoms with E-state index in [2.05, 4.69) is 33.5 Å². The highest BCUT2D eigenvalue weighted by Gasteiger charge is 1.99. The summed E-state index contributed by atoms with van der Waals surface area (Å²) in [5, 5.41) is 3.95. The van der Waals surface area contributed by atoms with Gasteiger partial charge in [0.05, 0.1) is 0 Å². The number of hydrogen-bond donors (Lipinski definition) is 2. The second kappa shape index (κ2) is 4.98. The maximum absolute atomic E-state index is 5.37. The van der Waals surface area contributed by atoms with Gasteiger partial charge in [-0.25, -0.2) is 0 Å². The molecule has 0 aliphatic rings. The Hall–Kier alpha value is -0.880. The number of nitrogens with one attached hydrogen (secondary N) is 1. The number of aromatic nitrogens is 2. The van der Waals surface area contributed by atoms with Gasteiger partial charge in [-0.15, -0.1) is 0 Å². The van der Waals surface area contributed by atoms with Crippen LogP contribution in [0.4, 0.5) is 11.1 Å². The van der Waals surface area contributed by atoms with Crippen molar-refractivity contribution in [1.29, 1.82) is 0 Å². The van der Waals surface area contributed by atoms with E-state index >= 15 is 0 Å². The maximum Gasteiger partial charge on any atom is 0.233 e. The van der Waals surface area contributed by atoms with Crippen molar-refractivity contribution in [2.45, 2.75) is 6.92 Å². The normalized spacial score (nSPS) is 10.7. The molecule has 0 aliphatic carbocycles. The van der Waals surface area contributed by atoms with Crippen molar-refractivity contribution in [2.75, 3.05) is 37.7 Å². The Bertz CT molecular complexity index is 249. The molecule has 0 aliphatic heterocycles. The molecule has 5 nitrogen and oxygen atoms in total. The molecule has 13 heavy (non-hydrogen) atoms. The summed E-state index contributed by atoms with van der Waals surface area (Å²) >= 11 is 1.29. The van der Waals surface area contributed by atoms with Crippen molar-refractivity contribution in [3.8, 4) is 0 Å². The highest BCUT2D eigenvalue weighted by Crippen LogP contribution is 2.10. The topological polar surface area (TPSA) is 67.1 Å². The Morgan fingerprint density at radius 2 is 2.38 bits per heavy atom. The van der Waals surface area contributed by atoms with Gasteiger partial charge in [0.25, 0.3) is 0 Å². The van der Waals surface area contributed by atoms with Gasteiger partial charge in [-0.1, -0.05) is 6.92 Å². The van der Waals surface area contributed by atoms with Crippen LogP contribution in [-0.4, -0.2) is 40.9 Å². The Labute approximate surface area is 82.1 Å². The first-order chi connectivity index (χ1) is 6.22. The zero-order valence-electron chi connectivity index (χ0n) is 7.95. The largest absolute Gasteiger partial charge is 0.367 e. The molecule has 0 spiro atoms. The van der Waals surface area contributed by atoms with Gasteiger partial charge >= 0.3 is 0 Å². The minimum absolute atomic E-state index is 0.344. The molecule has 0 amide bonds. The van der Waals surface area contributed by atoms with Gasteiger partial charge in [0, 0.05) is 24.6 Å². The molecule has 0 saturated heterocycles. The predicted octanol–water partition coefficient (Wildman–Crippen LogP) is 0.484. The van der Waals surface area contributed by atoms with Crippen LogP contribution in [0.5, 0.6) is 0 Å². The second-order valence-corrected chi connectivity index (χ2v) is 3.53. The van der Waals surface area contributed by atoms with E-state index in [4.69, 9.17) is 5.73 Å². The number of rotatable bonds is 5. The van der Waals surface area contributed by atoms with Crippen LogP contribution >= 0.6 is 11.5 Å². The predicted molar refractivity (Wildman–Crippen MR) is 56.0 cm³/mol. The van der Waals surface area contributed by atoms with Crippen molar-refractivity contribution < 1.29 is 0 Å². The van der Waals surface area contributed by atoms with Gasteiger partial charge in [-0.3, -0.25) is 0 Å². The van der Waals surface area contributed by atoms with E-state index < -0.39 is 0 Å². The van der Waals surface area contributed by atoms with Crippen LogP contribution < -0.4 is 11.1 Å². The van der Waals surface area contributed by atoms with Gasteiger partial charge in [0.1, 0.15) is 0 Å². The Balaban J connectivity index is 2.20. The van der Waals surface area contributed by atoms with E-state index in [1.807, 2.05) is 0 Å². The molecule has 0 bridgehead atoms. The molecule has 1 aromatic rings. The lowest BCUT2D eigenvalue weighted by Gasteiger charge is -2.12. The summed E-state index contributed by atoms with van der Waals surface area (Å²) in [6, 6.07) is 0. The summed E-state index contributed by atoms with van der Waals surface area (Å²) in [5.74, 6) is 0.344. The Kier molecular flexibility index (Phi) is 3.91. The number of likely N-dealkylation sites (N-methyl/N-ethyl adjacent to an activating group) is 1.